The maximum Gasteiger partial charge on any atom is 0.319 e. The summed E-state index contributed by atoms with van der Waals surface area (Å²) in [5, 5.41) is 16.6. The lowest BCUT2D eigenvalue weighted by molar-refractivity contribution is 0.237. The van der Waals surface area contributed by atoms with Crippen LogP contribution in [0.2, 0.25) is 0 Å². The fraction of sp³-hybridized carbons (Fsp3) is 0.316. The van der Waals surface area contributed by atoms with Crippen molar-refractivity contribution < 1.29 is 19.1 Å². The quantitative estimate of drug-likeness (QED) is 0.635. The molecule has 25 heavy (non-hydrogen) atoms. The summed E-state index contributed by atoms with van der Waals surface area (Å²) in [6, 6.07) is 11.0. The highest BCUT2D eigenvalue weighted by atomic mass is 16.5. The number of methoxy groups -OCH3 is 1. The summed E-state index contributed by atoms with van der Waals surface area (Å²) in [7, 11) is 1.56. The zero-order chi connectivity index (χ0) is 17.8. The van der Waals surface area contributed by atoms with Gasteiger partial charge in [0, 0.05) is 29.5 Å². The molecule has 132 valence electrons. The fourth-order valence-electron chi connectivity index (χ4n) is 2.90. The largest absolute Gasteiger partial charge is 0.495 e. The van der Waals surface area contributed by atoms with E-state index in [1.165, 1.54) is 0 Å². The summed E-state index contributed by atoms with van der Waals surface area (Å²) in [5.74, 6) is 0.560. The molecule has 6 nitrogen and oxygen atoms in total. The molecule has 0 fully saturated rings. The Morgan fingerprint density at radius 3 is 2.76 bits per heavy atom. The Labute approximate surface area is 145 Å². The molecule has 3 rings (SSSR count). The lowest BCUT2D eigenvalue weighted by Gasteiger charge is -2.17. The van der Waals surface area contributed by atoms with E-state index in [1.807, 2.05) is 37.3 Å². The Kier molecular flexibility index (Phi) is 5.09. The number of carbonyl (C=O) groups is 1. The van der Waals surface area contributed by atoms with Gasteiger partial charge >= 0.3 is 6.03 Å². The van der Waals surface area contributed by atoms with Gasteiger partial charge in [-0.05, 0) is 25.0 Å². The van der Waals surface area contributed by atoms with Crippen LogP contribution in [0.15, 0.2) is 40.8 Å². The number of aliphatic hydroxyl groups is 1. The van der Waals surface area contributed by atoms with Gasteiger partial charge in [0.15, 0.2) is 0 Å². The maximum absolute atomic E-state index is 12.2. The standard InChI is InChI=1S/C19H22N2O4/c1-3-12(8-9-22)20-19(23)21-15-11-17-14(10-18(15)24-2)13-6-4-5-7-16(13)25-17/h4-7,10-12,22H,3,8-9H2,1-2H3,(H2,20,21,23). The normalized spacial score (nSPS) is 12.3. The van der Waals surface area contributed by atoms with E-state index in [1.54, 1.807) is 13.2 Å². The first kappa shape index (κ1) is 17.1. The van der Waals surface area contributed by atoms with Gasteiger partial charge in [-0.25, -0.2) is 4.79 Å². The molecule has 1 aromatic heterocycles. The van der Waals surface area contributed by atoms with E-state index in [9.17, 15) is 4.79 Å². The predicted octanol–water partition coefficient (Wildman–Crippen LogP) is 3.88. The minimum absolute atomic E-state index is 0.0348. The minimum atomic E-state index is -0.339. The number of amides is 2. The number of urea groups is 1. The first-order valence-electron chi connectivity index (χ1n) is 8.34. The van der Waals surface area contributed by atoms with E-state index in [-0.39, 0.29) is 18.7 Å². The zero-order valence-electron chi connectivity index (χ0n) is 14.3. The van der Waals surface area contributed by atoms with Gasteiger partial charge in [0.25, 0.3) is 0 Å². The van der Waals surface area contributed by atoms with Crippen LogP contribution in [-0.4, -0.2) is 30.9 Å². The van der Waals surface area contributed by atoms with Crippen LogP contribution < -0.4 is 15.4 Å². The van der Waals surface area contributed by atoms with Gasteiger partial charge in [0.1, 0.15) is 16.9 Å². The summed E-state index contributed by atoms with van der Waals surface area (Å²) in [4.78, 5) is 12.2. The van der Waals surface area contributed by atoms with Crippen molar-refractivity contribution in [1.82, 2.24) is 5.32 Å². The Bertz CT molecular complexity index is 888. The van der Waals surface area contributed by atoms with Crippen molar-refractivity contribution in [2.45, 2.75) is 25.8 Å². The van der Waals surface area contributed by atoms with Crippen LogP contribution in [0.5, 0.6) is 5.75 Å². The topological polar surface area (TPSA) is 83.7 Å². The van der Waals surface area contributed by atoms with Gasteiger partial charge in [0.2, 0.25) is 0 Å². The number of para-hydroxylation sites is 1. The lowest BCUT2D eigenvalue weighted by atomic mass is 10.1. The zero-order valence-corrected chi connectivity index (χ0v) is 14.3. The number of aliphatic hydroxyl groups excluding tert-OH is 1. The third-order valence-corrected chi connectivity index (χ3v) is 4.25. The second-order valence-corrected chi connectivity index (χ2v) is 5.86. The van der Waals surface area contributed by atoms with Crippen LogP contribution in [0.4, 0.5) is 10.5 Å². The number of fused-ring (bicyclic) bond motifs is 3. The van der Waals surface area contributed by atoms with Crippen LogP contribution in [-0.2, 0) is 0 Å². The van der Waals surface area contributed by atoms with Crippen LogP contribution in [0.3, 0.4) is 0 Å². The van der Waals surface area contributed by atoms with Crippen LogP contribution >= 0.6 is 0 Å². The van der Waals surface area contributed by atoms with E-state index >= 15 is 0 Å². The van der Waals surface area contributed by atoms with Crippen molar-refractivity contribution in [2.75, 3.05) is 19.0 Å². The molecule has 0 spiro atoms. The molecule has 0 saturated carbocycles. The second kappa shape index (κ2) is 7.44. The lowest BCUT2D eigenvalue weighted by Crippen LogP contribution is -2.38. The van der Waals surface area contributed by atoms with E-state index < -0.39 is 0 Å². The predicted molar refractivity (Wildman–Crippen MR) is 98.2 cm³/mol. The molecule has 1 unspecified atom stereocenters. The Morgan fingerprint density at radius 1 is 1.24 bits per heavy atom. The molecule has 1 atom stereocenters. The summed E-state index contributed by atoms with van der Waals surface area (Å²) in [6.07, 6.45) is 1.26. The SMILES string of the molecule is CCC(CCO)NC(=O)Nc1cc2oc3ccccc3c2cc1OC. The van der Waals surface area contributed by atoms with E-state index in [4.69, 9.17) is 14.3 Å². The highest BCUT2D eigenvalue weighted by molar-refractivity contribution is 6.07. The number of rotatable bonds is 6. The highest BCUT2D eigenvalue weighted by Gasteiger charge is 2.15. The summed E-state index contributed by atoms with van der Waals surface area (Å²) in [5.41, 5.74) is 2.00. The van der Waals surface area contributed by atoms with Crippen LogP contribution in [0.1, 0.15) is 19.8 Å². The minimum Gasteiger partial charge on any atom is -0.495 e. The van der Waals surface area contributed by atoms with Crippen LogP contribution in [0, 0.1) is 0 Å². The van der Waals surface area contributed by atoms with Crippen molar-refractivity contribution in [3.05, 3.63) is 36.4 Å². The van der Waals surface area contributed by atoms with Crippen molar-refractivity contribution in [3.63, 3.8) is 0 Å². The number of benzene rings is 2. The Hall–Kier alpha value is -2.73. The van der Waals surface area contributed by atoms with E-state index in [0.717, 1.165) is 22.8 Å². The van der Waals surface area contributed by atoms with Crippen molar-refractivity contribution in [3.8, 4) is 5.75 Å². The molecule has 2 amide bonds. The van der Waals surface area contributed by atoms with Gasteiger partial charge in [-0.1, -0.05) is 25.1 Å². The first-order chi connectivity index (χ1) is 12.2. The van der Waals surface area contributed by atoms with Crippen LogP contribution in [0.25, 0.3) is 21.9 Å². The average Bonchev–Trinajstić information content (AvgIpc) is 2.97. The number of furan rings is 1. The molecule has 2 aromatic carbocycles. The van der Waals surface area contributed by atoms with E-state index in [2.05, 4.69) is 10.6 Å². The molecule has 0 aliphatic carbocycles. The third-order valence-electron chi connectivity index (χ3n) is 4.25. The second-order valence-electron chi connectivity index (χ2n) is 5.86. The van der Waals surface area contributed by atoms with Crippen molar-refractivity contribution in [1.29, 1.82) is 0 Å². The summed E-state index contributed by atoms with van der Waals surface area (Å²) >= 11 is 0. The van der Waals surface area contributed by atoms with Crippen molar-refractivity contribution >= 4 is 33.7 Å². The molecule has 0 aliphatic rings. The maximum atomic E-state index is 12.2. The van der Waals surface area contributed by atoms with Gasteiger partial charge in [-0.2, -0.15) is 0 Å². The fourth-order valence-corrected chi connectivity index (χ4v) is 2.90. The molecule has 0 radical (unpaired) electrons. The van der Waals surface area contributed by atoms with Crippen molar-refractivity contribution in [2.24, 2.45) is 0 Å². The Morgan fingerprint density at radius 2 is 2.04 bits per heavy atom. The first-order valence-corrected chi connectivity index (χ1v) is 8.34. The van der Waals surface area contributed by atoms with Gasteiger partial charge in [-0.15, -0.1) is 0 Å². The third kappa shape index (κ3) is 3.53. The monoisotopic (exact) mass is 342 g/mol. The number of nitrogens with one attached hydrogen (secondary N) is 2. The molecule has 6 heteroatoms. The number of ether oxygens (including phenoxy) is 1. The highest BCUT2D eigenvalue weighted by Crippen LogP contribution is 2.36. The molecular formula is C19H22N2O4. The summed E-state index contributed by atoms with van der Waals surface area (Å²) in [6.45, 7) is 1.99. The molecule has 0 aliphatic heterocycles. The molecule has 3 N–H and O–H groups in total. The van der Waals surface area contributed by atoms with Gasteiger partial charge in [-0.3, -0.25) is 0 Å². The smallest absolute Gasteiger partial charge is 0.319 e. The Balaban J connectivity index is 1.90. The van der Waals surface area contributed by atoms with E-state index in [0.29, 0.717) is 23.4 Å². The molecule has 0 saturated heterocycles. The molecule has 0 bridgehead atoms. The summed E-state index contributed by atoms with van der Waals surface area (Å²) < 4.78 is 11.3. The number of anilines is 1. The number of hydrogen-bond acceptors (Lipinski definition) is 4. The molecular weight excluding hydrogens is 320 g/mol. The number of hydrogen-bond donors (Lipinski definition) is 3. The van der Waals surface area contributed by atoms with Gasteiger partial charge in [0.05, 0.1) is 12.8 Å². The average molecular weight is 342 g/mol. The molecule has 1 heterocycles. The molecule has 3 aromatic rings. The number of carbonyl (C=O) groups excluding carboxylic acids is 1. The van der Waals surface area contributed by atoms with Gasteiger partial charge < -0.3 is 24.9 Å².